The second-order valence-electron chi connectivity index (χ2n) is 14.1. The Balaban J connectivity index is 3.36. The Morgan fingerprint density at radius 2 is 1.09 bits per heavy atom. The summed E-state index contributed by atoms with van der Waals surface area (Å²) >= 11 is 0. The number of hydrogen-bond acceptors (Lipinski definition) is 5. The summed E-state index contributed by atoms with van der Waals surface area (Å²) in [6.07, 6.45) is -1.90. The van der Waals surface area contributed by atoms with Crippen LogP contribution >= 0.6 is 0 Å². The van der Waals surface area contributed by atoms with Crippen molar-refractivity contribution < 1.29 is 22.8 Å². The summed E-state index contributed by atoms with van der Waals surface area (Å²) in [4.78, 5) is 13.2. The van der Waals surface area contributed by atoms with Crippen LogP contribution in [0.5, 0.6) is 0 Å². The number of carbonyl (C=O) groups excluding carboxylic acids is 1. The van der Waals surface area contributed by atoms with E-state index in [1.807, 2.05) is 6.92 Å². The van der Waals surface area contributed by atoms with Crippen LogP contribution in [0.15, 0.2) is 0 Å². The predicted molar refractivity (Wildman–Crippen MR) is 142 cm³/mol. The molecule has 1 heterocycles. The largest absolute Gasteiger partial charge is 0.455 e. The molecule has 1 aliphatic heterocycles. The van der Waals surface area contributed by atoms with E-state index >= 15 is 0 Å². The lowest BCUT2D eigenvalue weighted by molar-refractivity contribution is -0.149. The molecule has 0 amide bonds. The zero-order valence-corrected chi connectivity index (χ0v) is 26.9. The molecule has 0 bridgehead atoms. The molecular formula is C24H52O5Si3. The van der Waals surface area contributed by atoms with E-state index in [0.29, 0.717) is 0 Å². The van der Waals surface area contributed by atoms with Crippen LogP contribution in [0.3, 0.4) is 0 Å². The molecule has 1 saturated heterocycles. The number of ether oxygens (including phenoxy) is 1. The quantitative estimate of drug-likeness (QED) is 0.273. The summed E-state index contributed by atoms with van der Waals surface area (Å²) < 4.78 is 26.1. The first-order valence-corrected chi connectivity index (χ1v) is 20.8. The van der Waals surface area contributed by atoms with Crippen LogP contribution in [-0.2, 0) is 22.8 Å². The van der Waals surface area contributed by atoms with Gasteiger partial charge in [-0.15, -0.1) is 0 Å². The van der Waals surface area contributed by atoms with Crippen molar-refractivity contribution in [3.8, 4) is 0 Å². The zero-order chi connectivity index (χ0) is 25.7. The molecule has 0 radical (unpaired) electrons. The zero-order valence-electron chi connectivity index (χ0n) is 23.9. The maximum atomic E-state index is 13.2. The lowest BCUT2D eigenvalue weighted by Gasteiger charge is -2.44. The Morgan fingerprint density at radius 1 is 0.719 bits per heavy atom. The molecule has 1 fully saturated rings. The van der Waals surface area contributed by atoms with Crippen LogP contribution in [0.25, 0.3) is 0 Å². The topological polar surface area (TPSA) is 54.0 Å². The standard InChI is InChI=1S/C24H52O5Si3/c1-17(27-30(11,12)22(2,3)4)18-19(28-31(13,14)23(5,6)7)20(21(25)26-18)29-32(15,16)24(8,9)10/h17-20H,1-16H3/t17-,18+,19+,20-/m1/s1. The van der Waals surface area contributed by atoms with Crippen LogP contribution in [0, 0.1) is 0 Å². The summed E-state index contributed by atoms with van der Waals surface area (Å²) in [6, 6.07) is 0. The minimum Gasteiger partial charge on any atom is -0.455 e. The third kappa shape index (κ3) is 6.56. The fourth-order valence-electron chi connectivity index (χ4n) is 2.90. The Labute approximate surface area is 201 Å². The van der Waals surface area contributed by atoms with Crippen molar-refractivity contribution in [1.82, 2.24) is 0 Å². The van der Waals surface area contributed by atoms with E-state index in [-0.39, 0.29) is 27.2 Å². The minimum absolute atomic E-state index is 0.00817. The fourth-order valence-corrected chi connectivity index (χ4v) is 6.83. The molecule has 0 saturated carbocycles. The molecule has 0 aromatic heterocycles. The summed E-state index contributed by atoms with van der Waals surface area (Å²) in [5.74, 6) is -0.311. The van der Waals surface area contributed by atoms with Crippen molar-refractivity contribution >= 4 is 30.9 Å². The molecule has 8 heteroatoms. The molecule has 0 aliphatic carbocycles. The number of esters is 1. The number of hydrogen-bond donors (Lipinski definition) is 0. The van der Waals surface area contributed by atoms with Crippen LogP contribution in [0.2, 0.25) is 54.4 Å². The summed E-state index contributed by atoms with van der Waals surface area (Å²) in [5, 5.41) is 0.0566. The number of carbonyl (C=O) groups is 1. The molecule has 4 atom stereocenters. The van der Waals surface area contributed by atoms with E-state index in [1.54, 1.807) is 0 Å². The minimum atomic E-state index is -2.21. The number of rotatable bonds is 7. The van der Waals surface area contributed by atoms with Gasteiger partial charge in [-0.2, -0.15) is 0 Å². The van der Waals surface area contributed by atoms with Crippen molar-refractivity contribution in [2.75, 3.05) is 0 Å². The van der Waals surface area contributed by atoms with Gasteiger partial charge in [0.15, 0.2) is 37.2 Å². The Hall–Kier alpha value is 0.000649. The third-order valence-corrected chi connectivity index (χ3v) is 21.8. The SMILES string of the molecule is C[C@@H](O[Si](C)(C)C(C)(C)C)[C@@H]1OC(=O)[C@H](O[Si](C)(C)C(C)(C)C)[C@H]1O[Si](C)(C)C(C)(C)C. The third-order valence-electron chi connectivity index (χ3n) is 8.32. The highest BCUT2D eigenvalue weighted by Crippen LogP contribution is 2.44. The van der Waals surface area contributed by atoms with Crippen LogP contribution < -0.4 is 0 Å². The monoisotopic (exact) mass is 504 g/mol. The first-order valence-electron chi connectivity index (χ1n) is 12.1. The van der Waals surface area contributed by atoms with Gasteiger partial charge in [0.05, 0.1) is 6.10 Å². The molecule has 5 nitrogen and oxygen atoms in total. The van der Waals surface area contributed by atoms with E-state index in [2.05, 4.69) is 102 Å². The van der Waals surface area contributed by atoms with Crippen LogP contribution in [0.1, 0.15) is 69.2 Å². The molecule has 0 aromatic carbocycles. The van der Waals surface area contributed by atoms with Gasteiger partial charge in [-0.05, 0) is 61.3 Å². The normalized spacial score (nSPS) is 25.1. The molecule has 0 aromatic rings. The molecule has 0 spiro atoms. The van der Waals surface area contributed by atoms with Gasteiger partial charge in [0.1, 0.15) is 6.10 Å². The first-order chi connectivity index (χ1) is 13.8. The highest BCUT2D eigenvalue weighted by Gasteiger charge is 2.56. The average Bonchev–Trinajstić information content (AvgIpc) is 2.79. The van der Waals surface area contributed by atoms with Gasteiger partial charge in [0.2, 0.25) is 0 Å². The molecular weight excluding hydrogens is 453 g/mol. The van der Waals surface area contributed by atoms with Gasteiger partial charge >= 0.3 is 5.97 Å². The smallest absolute Gasteiger partial charge is 0.337 e. The van der Waals surface area contributed by atoms with E-state index in [4.69, 9.17) is 18.0 Å². The summed E-state index contributed by atoms with van der Waals surface area (Å²) in [7, 11) is -6.45. The van der Waals surface area contributed by atoms with E-state index in [0.717, 1.165) is 0 Å². The molecule has 32 heavy (non-hydrogen) atoms. The lowest BCUT2D eigenvalue weighted by Crippen LogP contribution is -2.56. The van der Waals surface area contributed by atoms with Crippen molar-refractivity contribution in [2.45, 2.75) is 148 Å². The summed E-state index contributed by atoms with van der Waals surface area (Å²) in [5.41, 5.74) is 0. The molecule has 1 rings (SSSR count). The van der Waals surface area contributed by atoms with Crippen LogP contribution in [0.4, 0.5) is 0 Å². The van der Waals surface area contributed by atoms with E-state index in [1.165, 1.54) is 0 Å². The first kappa shape index (κ1) is 30.0. The average molecular weight is 505 g/mol. The Morgan fingerprint density at radius 3 is 1.47 bits per heavy atom. The highest BCUT2D eigenvalue weighted by molar-refractivity contribution is 6.75. The molecule has 0 unspecified atom stereocenters. The highest BCUT2D eigenvalue weighted by atomic mass is 28.4. The van der Waals surface area contributed by atoms with Crippen molar-refractivity contribution in [3.05, 3.63) is 0 Å². The van der Waals surface area contributed by atoms with Crippen LogP contribution in [-0.4, -0.2) is 55.3 Å². The van der Waals surface area contributed by atoms with E-state index in [9.17, 15) is 4.79 Å². The van der Waals surface area contributed by atoms with Gasteiger partial charge in [-0.25, -0.2) is 4.79 Å². The maximum Gasteiger partial charge on any atom is 0.337 e. The molecule has 1 aliphatic rings. The molecule has 0 N–H and O–H groups in total. The fraction of sp³-hybridized carbons (Fsp3) is 0.958. The van der Waals surface area contributed by atoms with Gasteiger partial charge in [0, 0.05) is 0 Å². The van der Waals surface area contributed by atoms with Crippen molar-refractivity contribution in [3.63, 3.8) is 0 Å². The Kier molecular flexibility index (Phi) is 8.66. The van der Waals surface area contributed by atoms with Crippen molar-refractivity contribution in [1.29, 1.82) is 0 Å². The van der Waals surface area contributed by atoms with Gasteiger partial charge in [-0.1, -0.05) is 62.3 Å². The van der Waals surface area contributed by atoms with Crippen molar-refractivity contribution in [2.24, 2.45) is 0 Å². The molecule has 190 valence electrons. The predicted octanol–water partition coefficient (Wildman–Crippen LogP) is 7.10. The lowest BCUT2D eigenvalue weighted by atomic mass is 10.1. The number of cyclic esters (lactones) is 1. The second-order valence-corrected chi connectivity index (χ2v) is 28.4. The van der Waals surface area contributed by atoms with Gasteiger partial charge < -0.3 is 18.0 Å². The second kappa shape index (κ2) is 9.22. The maximum absolute atomic E-state index is 13.2. The van der Waals surface area contributed by atoms with E-state index < -0.39 is 43.3 Å². The van der Waals surface area contributed by atoms with Gasteiger partial charge in [0.25, 0.3) is 0 Å². The Bertz CT molecular complexity index is 669. The van der Waals surface area contributed by atoms with Gasteiger partial charge in [-0.3, -0.25) is 0 Å². The summed E-state index contributed by atoms with van der Waals surface area (Å²) in [6.45, 7) is 35.1.